The van der Waals surface area contributed by atoms with Gasteiger partial charge in [0.25, 0.3) is 0 Å². The van der Waals surface area contributed by atoms with E-state index in [0.717, 1.165) is 0 Å². The van der Waals surface area contributed by atoms with Crippen molar-refractivity contribution in [1.82, 2.24) is 9.38 Å². The van der Waals surface area contributed by atoms with Gasteiger partial charge in [0, 0.05) is 6.20 Å². The minimum absolute atomic E-state index is 0.430. The molecule has 3 nitrogen and oxygen atoms in total. The van der Waals surface area contributed by atoms with Gasteiger partial charge < -0.3 is 10.1 Å². The van der Waals surface area contributed by atoms with Gasteiger partial charge >= 0.3 is 0 Å². The highest BCUT2D eigenvalue weighted by molar-refractivity contribution is 6.36. The van der Waals surface area contributed by atoms with Crippen LogP contribution >= 0.6 is 23.2 Å². The van der Waals surface area contributed by atoms with Gasteiger partial charge in [0.2, 0.25) is 0 Å². The van der Waals surface area contributed by atoms with Gasteiger partial charge in [-0.15, -0.1) is 0 Å². The molecule has 0 fully saturated rings. The summed E-state index contributed by atoms with van der Waals surface area (Å²) in [5.74, 6) is 0.430. The van der Waals surface area contributed by atoms with Gasteiger partial charge in [0.15, 0.2) is 5.65 Å². The van der Waals surface area contributed by atoms with Crippen LogP contribution < -0.4 is 5.73 Å². The lowest BCUT2D eigenvalue weighted by molar-refractivity contribution is 1.19. The average molecular weight is 202 g/mol. The van der Waals surface area contributed by atoms with Crippen molar-refractivity contribution in [3.63, 3.8) is 0 Å². The Morgan fingerprint density at radius 3 is 2.83 bits per heavy atom. The Hall–Kier alpha value is -0.930. The number of hydrogen-bond donors (Lipinski definition) is 1. The van der Waals surface area contributed by atoms with Crippen molar-refractivity contribution in [2.24, 2.45) is 0 Å². The number of pyridine rings is 1. The Morgan fingerprint density at radius 1 is 1.33 bits per heavy atom. The second-order valence-corrected chi connectivity index (χ2v) is 3.25. The van der Waals surface area contributed by atoms with Gasteiger partial charge in [-0.2, -0.15) is 0 Å². The van der Waals surface area contributed by atoms with Gasteiger partial charge in [0.05, 0.1) is 16.2 Å². The topological polar surface area (TPSA) is 43.3 Å². The van der Waals surface area contributed by atoms with Crippen LogP contribution in [0.3, 0.4) is 0 Å². The van der Waals surface area contributed by atoms with Crippen LogP contribution in [0.15, 0.2) is 18.5 Å². The van der Waals surface area contributed by atoms with E-state index in [1.807, 2.05) is 0 Å². The Labute approximate surface area is 78.7 Å². The first kappa shape index (κ1) is 7.71. The van der Waals surface area contributed by atoms with Crippen LogP contribution in [0, 0.1) is 0 Å². The minimum Gasteiger partial charge on any atom is -0.382 e. The summed E-state index contributed by atoms with van der Waals surface area (Å²) >= 11 is 11.6. The quantitative estimate of drug-likeness (QED) is 0.711. The lowest BCUT2D eigenvalue weighted by atomic mass is 10.5. The molecule has 0 aliphatic carbocycles. The maximum Gasteiger partial charge on any atom is 0.158 e. The number of nitrogens with two attached hydrogens (primary N) is 1. The van der Waals surface area contributed by atoms with Crippen LogP contribution in [-0.4, -0.2) is 9.38 Å². The molecular formula is C7H5Cl2N3. The van der Waals surface area contributed by atoms with Crippen LogP contribution in [0.25, 0.3) is 5.65 Å². The molecule has 0 saturated carbocycles. The third-order valence-corrected chi connectivity index (χ3v) is 1.98. The van der Waals surface area contributed by atoms with Crippen LogP contribution in [0.2, 0.25) is 10.0 Å². The van der Waals surface area contributed by atoms with E-state index in [4.69, 9.17) is 28.9 Å². The summed E-state index contributed by atoms with van der Waals surface area (Å²) in [6, 6.07) is 1.63. The molecule has 2 rings (SSSR count). The van der Waals surface area contributed by atoms with Crippen molar-refractivity contribution in [3.05, 3.63) is 28.5 Å². The Bertz CT molecular complexity index is 435. The number of fused-ring (bicyclic) bond motifs is 1. The smallest absolute Gasteiger partial charge is 0.158 e. The molecule has 62 valence electrons. The zero-order valence-electron chi connectivity index (χ0n) is 5.96. The van der Waals surface area contributed by atoms with Gasteiger partial charge in [-0.3, -0.25) is 0 Å². The van der Waals surface area contributed by atoms with E-state index in [9.17, 15) is 0 Å². The lowest BCUT2D eigenvalue weighted by Crippen LogP contribution is -1.82. The number of halogens is 2. The molecule has 0 saturated heterocycles. The van der Waals surface area contributed by atoms with Crippen molar-refractivity contribution in [2.75, 3.05) is 5.73 Å². The maximum absolute atomic E-state index is 5.85. The first-order chi connectivity index (χ1) is 5.66. The van der Waals surface area contributed by atoms with E-state index in [1.165, 1.54) is 0 Å². The molecule has 2 heterocycles. The normalized spacial score (nSPS) is 10.8. The van der Waals surface area contributed by atoms with Gasteiger partial charge in [-0.25, -0.2) is 4.98 Å². The summed E-state index contributed by atoms with van der Waals surface area (Å²) in [6.45, 7) is 0. The first-order valence-corrected chi connectivity index (χ1v) is 4.01. The van der Waals surface area contributed by atoms with Crippen molar-refractivity contribution in [3.8, 4) is 0 Å². The fourth-order valence-electron chi connectivity index (χ4n) is 1.04. The summed E-state index contributed by atoms with van der Waals surface area (Å²) in [6.07, 6.45) is 3.36. The zero-order valence-corrected chi connectivity index (χ0v) is 7.47. The number of anilines is 1. The number of hydrogen-bond acceptors (Lipinski definition) is 2. The number of aromatic nitrogens is 2. The van der Waals surface area contributed by atoms with E-state index in [-0.39, 0.29) is 0 Å². The molecule has 0 aliphatic rings. The molecular weight excluding hydrogens is 197 g/mol. The first-order valence-electron chi connectivity index (χ1n) is 3.26. The molecule has 0 atom stereocenters. The van der Waals surface area contributed by atoms with Gasteiger partial charge in [-0.05, 0) is 6.07 Å². The Balaban J connectivity index is 2.88. The lowest BCUT2D eigenvalue weighted by Gasteiger charge is -1.95. The molecule has 0 aromatic carbocycles. The van der Waals surface area contributed by atoms with Crippen LogP contribution in [-0.2, 0) is 0 Å². The molecule has 0 aliphatic heterocycles. The predicted octanol–water partition coefficient (Wildman–Crippen LogP) is 2.22. The second kappa shape index (κ2) is 2.54. The van der Waals surface area contributed by atoms with Crippen molar-refractivity contribution in [1.29, 1.82) is 0 Å². The summed E-state index contributed by atoms with van der Waals surface area (Å²) in [4.78, 5) is 4.00. The van der Waals surface area contributed by atoms with E-state index < -0.39 is 0 Å². The van der Waals surface area contributed by atoms with Gasteiger partial charge in [-0.1, -0.05) is 23.2 Å². The Kier molecular flexibility index (Phi) is 1.63. The van der Waals surface area contributed by atoms with E-state index in [1.54, 1.807) is 22.9 Å². The summed E-state index contributed by atoms with van der Waals surface area (Å²) < 4.78 is 1.69. The van der Waals surface area contributed by atoms with Crippen LogP contribution in [0.1, 0.15) is 0 Å². The number of imidazole rings is 1. The molecule has 5 heteroatoms. The summed E-state index contributed by atoms with van der Waals surface area (Å²) in [5, 5.41) is 1.06. The number of nitrogens with zero attached hydrogens (tertiary/aromatic N) is 2. The van der Waals surface area contributed by atoms with E-state index in [2.05, 4.69) is 4.98 Å². The highest BCUT2D eigenvalue weighted by Crippen LogP contribution is 2.21. The van der Waals surface area contributed by atoms with Crippen LogP contribution in [0.5, 0.6) is 0 Å². The third kappa shape index (κ3) is 1.11. The van der Waals surface area contributed by atoms with Crippen LogP contribution in [0.4, 0.5) is 5.82 Å². The predicted molar refractivity (Wildman–Crippen MR) is 49.6 cm³/mol. The molecule has 12 heavy (non-hydrogen) atoms. The zero-order chi connectivity index (χ0) is 8.72. The highest BCUT2D eigenvalue weighted by Gasteiger charge is 2.03. The van der Waals surface area contributed by atoms with Crippen molar-refractivity contribution in [2.45, 2.75) is 0 Å². The Morgan fingerprint density at radius 2 is 2.08 bits per heavy atom. The van der Waals surface area contributed by atoms with E-state index in [0.29, 0.717) is 21.5 Å². The number of rotatable bonds is 0. The second-order valence-electron chi connectivity index (χ2n) is 2.40. The SMILES string of the molecule is Nc1cn2cc(Cl)cc(Cl)c2n1. The maximum atomic E-state index is 5.85. The summed E-state index contributed by atoms with van der Waals surface area (Å²) in [5.41, 5.74) is 6.10. The monoisotopic (exact) mass is 201 g/mol. The van der Waals surface area contributed by atoms with Gasteiger partial charge in [0.1, 0.15) is 5.82 Å². The molecule has 0 spiro atoms. The fraction of sp³-hybridized carbons (Fsp3) is 0. The molecule has 0 radical (unpaired) electrons. The largest absolute Gasteiger partial charge is 0.382 e. The number of nitrogen functional groups attached to an aromatic ring is 1. The molecule has 0 bridgehead atoms. The fourth-order valence-corrected chi connectivity index (χ4v) is 1.57. The third-order valence-electron chi connectivity index (χ3n) is 1.49. The summed E-state index contributed by atoms with van der Waals surface area (Å²) in [7, 11) is 0. The molecule has 0 unspecified atom stereocenters. The average Bonchev–Trinajstić information content (AvgIpc) is 2.29. The van der Waals surface area contributed by atoms with Crippen molar-refractivity contribution >= 4 is 34.7 Å². The highest BCUT2D eigenvalue weighted by atomic mass is 35.5. The standard InChI is InChI=1S/C7H5Cl2N3/c8-4-1-5(9)7-11-6(10)3-12(7)2-4/h1-3H,10H2. The molecule has 2 aromatic rings. The molecule has 2 aromatic heterocycles. The molecule has 2 N–H and O–H groups in total. The van der Waals surface area contributed by atoms with Crippen molar-refractivity contribution < 1.29 is 0 Å². The minimum atomic E-state index is 0.430. The van der Waals surface area contributed by atoms with E-state index >= 15 is 0 Å². The molecule has 0 amide bonds.